The van der Waals surface area contributed by atoms with Crippen molar-refractivity contribution in [3.63, 3.8) is 0 Å². The van der Waals surface area contributed by atoms with Gasteiger partial charge in [-0.3, -0.25) is 9.71 Å². The summed E-state index contributed by atoms with van der Waals surface area (Å²) in [5.74, 6) is 0.574. The molecule has 0 saturated carbocycles. The van der Waals surface area contributed by atoms with Crippen molar-refractivity contribution in [2.45, 2.75) is 31.5 Å². The van der Waals surface area contributed by atoms with Gasteiger partial charge >= 0.3 is 0 Å². The molecule has 7 heteroatoms. The Bertz CT molecular complexity index is 651. The highest BCUT2D eigenvalue weighted by atomic mass is 32.2. The molecule has 0 saturated heterocycles. The summed E-state index contributed by atoms with van der Waals surface area (Å²) in [6.45, 7) is 4.50. The normalized spacial score (nSPS) is 11.8. The summed E-state index contributed by atoms with van der Waals surface area (Å²) in [6, 6.07) is 6.66. The SMILES string of the molecule is CC(C)NCc1ccc(S(=O)(=O)Nc2cccnc2)o1. The van der Waals surface area contributed by atoms with Gasteiger partial charge in [-0.15, -0.1) is 0 Å². The molecular weight excluding hydrogens is 278 g/mol. The van der Waals surface area contributed by atoms with E-state index in [1.54, 1.807) is 24.4 Å². The van der Waals surface area contributed by atoms with Crippen molar-refractivity contribution in [1.29, 1.82) is 0 Å². The van der Waals surface area contributed by atoms with Crippen LogP contribution in [0.5, 0.6) is 0 Å². The van der Waals surface area contributed by atoms with Gasteiger partial charge in [0.2, 0.25) is 5.09 Å². The smallest absolute Gasteiger partial charge is 0.295 e. The molecule has 108 valence electrons. The Morgan fingerprint density at radius 1 is 1.30 bits per heavy atom. The Labute approximate surface area is 118 Å². The minimum absolute atomic E-state index is 0.109. The average molecular weight is 295 g/mol. The van der Waals surface area contributed by atoms with Crippen LogP contribution in [0.15, 0.2) is 46.2 Å². The van der Waals surface area contributed by atoms with E-state index in [1.165, 1.54) is 12.3 Å². The lowest BCUT2D eigenvalue weighted by Gasteiger charge is -2.06. The van der Waals surface area contributed by atoms with E-state index in [2.05, 4.69) is 15.0 Å². The summed E-state index contributed by atoms with van der Waals surface area (Å²) in [5, 5.41) is 3.05. The van der Waals surface area contributed by atoms with Gasteiger partial charge in [-0.1, -0.05) is 13.8 Å². The van der Waals surface area contributed by atoms with Crippen LogP contribution in [0, 0.1) is 0 Å². The van der Waals surface area contributed by atoms with Crippen LogP contribution in [0.25, 0.3) is 0 Å². The van der Waals surface area contributed by atoms with Gasteiger partial charge in [0.15, 0.2) is 0 Å². The maximum atomic E-state index is 12.1. The number of furan rings is 1. The Morgan fingerprint density at radius 2 is 2.10 bits per heavy atom. The van der Waals surface area contributed by atoms with E-state index >= 15 is 0 Å². The molecule has 0 spiro atoms. The molecule has 2 rings (SSSR count). The lowest BCUT2D eigenvalue weighted by Crippen LogP contribution is -2.21. The first-order chi connectivity index (χ1) is 9.47. The summed E-state index contributed by atoms with van der Waals surface area (Å²) in [7, 11) is -3.72. The van der Waals surface area contributed by atoms with E-state index in [4.69, 9.17) is 4.42 Å². The minimum Gasteiger partial charge on any atom is -0.446 e. The second-order valence-electron chi connectivity index (χ2n) is 4.60. The summed E-state index contributed by atoms with van der Waals surface area (Å²) in [6.07, 6.45) is 3.00. The van der Waals surface area contributed by atoms with Crippen molar-refractivity contribution in [2.24, 2.45) is 0 Å². The number of nitrogens with one attached hydrogen (secondary N) is 2. The third-order valence-electron chi connectivity index (χ3n) is 2.50. The molecule has 2 heterocycles. The van der Waals surface area contributed by atoms with Crippen molar-refractivity contribution >= 4 is 15.7 Å². The molecule has 2 aromatic heterocycles. The quantitative estimate of drug-likeness (QED) is 0.851. The number of rotatable bonds is 6. The molecular formula is C13H17N3O3S. The molecule has 6 nitrogen and oxygen atoms in total. The Hall–Kier alpha value is -1.86. The molecule has 0 aliphatic heterocycles. The van der Waals surface area contributed by atoms with E-state index in [0.29, 0.717) is 24.0 Å². The number of hydrogen-bond acceptors (Lipinski definition) is 5. The Kier molecular flexibility index (Phi) is 4.41. The molecule has 0 fully saturated rings. The summed E-state index contributed by atoms with van der Waals surface area (Å²) in [5.41, 5.74) is 0.394. The molecule has 0 unspecified atom stereocenters. The number of anilines is 1. The van der Waals surface area contributed by atoms with Crippen LogP contribution in [0.3, 0.4) is 0 Å². The van der Waals surface area contributed by atoms with Gasteiger partial charge in [0.25, 0.3) is 10.0 Å². The van der Waals surface area contributed by atoms with Crippen LogP contribution in [0.1, 0.15) is 19.6 Å². The summed E-state index contributed by atoms with van der Waals surface area (Å²) >= 11 is 0. The number of pyridine rings is 1. The Morgan fingerprint density at radius 3 is 2.75 bits per heavy atom. The van der Waals surface area contributed by atoms with Crippen LogP contribution in [0.2, 0.25) is 0 Å². The van der Waals surface area contributed by atoms with Gasteiger partial charge in [-0.05, 0) is 24.3 Å². The molecule has 2 aromatic rings. The van der Waals surface area contributed by atoms with Crippen LogP contribution >= 0.6 is 0 Å². The fraction of sp³-hybridized carbons (Fsp3) is 0.308. The highest BCUT2D eigenvalue weighted by Gasteiger charge is 2.19. The van der Waals surface area contributed by atoms with E-state index in [1.807, 2.05) is 13.8 Å². The standard InChI is InChI=1S/C13H17N3O3S/c1-10(2)15-9-12-5-6-13(19-12)20(17,18)16-11-4-3-7-14-8-11/h3-8,10,15-16H,9H2,1-2H3. The number of aromatic nitrogens is 1. The highest BCUT2D eigenvalue weighted by Crippen LogP contribution is 2.17. The fourth-order valence-electron chi connectivity index (χ4n) is 1.53. The van der Waals surface area contributed by atoms with Crippen LogP contribution in [-0.2, 0) is 16.6 Å². The molecule has 2 N–H and O–H groups in total. The first-order valence-electron chi connectivity index (χ1n) is 6.22. The van der Waals surface area contributed by atoms with Gasteiger partial charge in [0.1, 0.15) is 5.76 Å². The first-order valence-corrected chi connectivity index (χ1v) is 7.70. The van der Waals surface area contributed by atoms with Crippen molar-refractivity contribution in [3.8, 4) is 0 Å². The predicted molar refractivity (Wildman–Crippen MR) is 75.7 cm³/mol. The average Bonchev–Trinajstić information content (AvgIpc) is 2.86. The van der Waals surface area contributed by atoms with E-state index in [9.17, 15) is 8.42 Å². The van der Waals surface area contributed by atoms with E-state index in [-0.39, 0.29) is 5.09 Å². The lowest BCUT2D eigenvalue weighted by atomic mass is 10.3. The first kappa shape index (κ1) is 14.5. The van der Waals surface area contributed by atoms with Gasteiger partial charge in [0, 0.05) is 12.2 Å². The lowest BCUT2D eigenvalue weighted by molar-refractivity contribution is 0.396. The zero-order valence-electron chi connectivity index (χ0n) is 11.3. The third-order valence-corrected chi connectivity index (χ3v) is 3.75. The molecule has 0 amide bonds. The van der Waals surface area contributed by atoms with Crippen LogP contribution in [0.4, 0.5) is 5.69 Å². The molecule has 0 aliphatic carbocycles. The van der Waals surface area contributed by atoms with E-state index < -0.39 is 10.0 Å². The molecule has 0 radical (unpaired) electrons. The minimum atomic E-state index is -3.72. The van der Waals surface area contributed by atoms with Crippen LogP contribution < -0.4 is 10.0 Å². The van der Waals surface area contributed by atoms with E-state index in [0.717, 1.165) is 0 Å². The van der Waals surface area contributed by atoms with Crippen molar-refractivity contribution in [3.05, 3.63) is 42.4 Å². The van der Waals surface area contributed by atoms with Crippen molar-refractivity contribution < 1.29 is 12.8 Å². The number of nitrogens with zero attached hydrogens (tertiary/aromatic N) is 1. The number of hydrogen-bond donors (Lipinski definition) is 2. The fourth-order valence-corrected chi connectivity index (χ4v) is 2.53. The van der Waals surface area contributed by atoms with Gasteiger partial charge < -0.3 is 9.73 Å². The van der Waals surface area contributed by atoms with Gasteiger partial charge in [-0.2, -0.15) is 8.42 Å². The molecule has 0 aromatic carbocycles. The number of sulfonamides is 1. The second kappa shape index (κ2) is 6.06. The Balaban J connectivity index is 2.10. The molecule has 0 aliphatic rings. The van der Waals surface area contributed by atoms with Gasteiger partial charge in [-0.25, -0.2) is 0 Å². The largest absolute Gasteiger partial charge is 0.446 e. The monoisotopic (exact) mass is 295 g/mol. The maximum absolute atomic E-state index is 12.1. The topological polar surface area (TPSA) is 84.2 Å². The predicted octanol–water partition coefficient (Wildman–Crippen LogP) is 1.97. The molecule has 20 heavy (non-hydrogen) atoms. The highest BCUT2D eigenvalue weighted by molar-refractivity contribution is 7.92. The third kappa shape index (κ3) is 3.82. The zero-order chi connectivity index (χ0) is 14.6. The maximum Gasteiger partial charge on any atom is 0.295 e. The summed E-state index contributed by atoms with van der Waals surface area (Å²) in [4.78, 5) is 3.85. The molecule has 0 atom stereocenters. The van der Waals surface area contributed by atoms with Gasteiger partial charge in [0.05, 0.1) is 18.4 Å². The van der Waals surface area contributed by atoms with Crippen LogP contribution in [-0.4, -0.2) is 19.4 Å². The van der Waals surface area contributed by atoms with Crippen molar-refractivity contribution in [1.82, 2.24) is 10.3 Å². The van der Waals surface area contributed by atoms with Crippen molar-refractivity contribution in [2.75, 3.05) is 4.72 Å². The summed E-state index contributed by atoms with van der Waals surface area (Å²) < 4.78 is 31.9. The molecule has 0 bridgehead atoms. The second-order valence-corrected chi connectivity index (χ2v) is 6.22. The zero-order valence-corrected chi connectivity index (χ0v) is 12.1.